The molecule has 2 aliphatic heterocycles. The van der Waals surface area contributed by atoms with E-state index in [2.05, 4.69) is 56.3 Å². The largest absolute Gasteiger partial charge is 0.462 e. The molecule has 8 nitrogen and oxygen atoms in total. The first-order valence-corrected chi connectivity index (χ1v) is 16.7. The van der Waals surface area contributed by atoms with E-state index in [1.54, 1.807) is 0 Å². The number of amides is 1. The van der Waals surface area contributed by atoms with Crippen LogP contribution >= 0.6 is 11.6 Å². The van der Waals surface area contributed by atoms with E-state index < -0.39 is 17.8 Å². The van der Waals surface area contributed by atoms with E-state index in [1.807, 2.05) is 32.0 Å². The molecule has 4 atom stereocenters. The van der Waals surface area contributed by atoms with E-state index in [-0.39, 0.29) is 18.9 Å². The number of halogens is 2. The summed E-state index contributed by atoms with van der Waals surface area (Å²) in [5, 5.41) is 10.3. The van der Waals surface area contributed by atoms with Gasteiger partial charge in [0.1, 0.15) is 12.4 Å². The fraction of sp³-hybridized carbons (Fsp3) is 0.600. The molecule has 1 amide bonds. The third-order valence-corrected chi connectivity index (χ3v) is 9.04. The maximum Gasteiger partial charge on any atom is 0.318 e. The van der Waals surface area contributed by atoms with Gasteiger partial charge < -0.3 is 14.5 Å². The number of hydrogen-bond donors (Lipinski definition) is 0. The maximum atomic E-state index is 13.8. The SMILES string of the molecule is C=C(F)C(=O)N1CCN(c2nc(OCC3C[C@@H](C)CN3C)nc(C(C)CCc3ccccc3Cl)c2CCC)CC1CC#N.CC. The van der Waals surface area contributed by atoms with Crippen LogP contribution in [-0.2, 0) is 17.6 Å². The number of likely N-dealkylation sites (tertiary alicyclic amines) is 1. The summed E-state index contributed by atoms with van der Waals surface area (Å²) >= 11 is 6.47. The van der Waals surface area contributed by atoms with E-state index in [0.717, 1.165) is 66.3 Å². The summed E-state index contributed by atoms with van der Waals surface area (Å²) in [7, 11) is 2.12. The molecule has 0 radical (unpaired) electrons. The molecule has 2 aliphatic rings. The predicted molar refractivity (Wildman–Crippen MR) is 179 cm³/mol. The predicted octanol–water partition coefficient (Wildman–Crippen LogP) is 6.98. The number of hydrogen-bond acceptors (Lipinski definition) is 7. The highest BCUT2D eigenvalue weighted by Gasteiger charge is 2.34. The van der Waals surface area contributed by atoms with E-state index in [1.165, 1.54) is 4.90 Å². The molecule has 2 aromatic rings. The topological polar surface area (TPSA) is 85.6 Å². The van der Waals surface area contributed by atoms with E-state index >= 15 is 0 Å². The molecule has 1 aromatic heterocycles. The smallest absolute Gasteiger partial charge is 0.318 e. The molecule has 2 fully saturated rings. The average molecular weight is 641 g/mol. The third kappa shape index (κ3) is 9.40. The minimum Gasteiger partial charge on any atom is -0.462 e. The van der Waals surface area contributed by atoms with Crippen LogP contribution in [0.3, 0.4) is 0 Å². The molecule has 246 valence electrons. The number of carbonyl (C=O) groups excluding carboxylic acids is 1. The molecular formula is C35H50ClFN6O2. The molecule has 0 spiro atoms. The van der Waals surface area contributed by atoms with Gasteiger partial charge in [0.25, 0.3) is 5.91 Å². The lowest BCUT2D eigenvalue weighted by Gasteiger charge is -2.41. The van der Waals surface area contributed by atoms with Gasteiger partial charge in [0, 0.05) is 42.8 Å². The Kier molecular flexibility index (Phi) is 14.1. The first-order chi connectivity index (χ1) is 21.6. The van der Waals surface area contributed by atoms with Gasteiger partial charge in [-0.2, -0.15) is 15.2 Å². The van der Waals surface area contributed by atoms with E-state index in [9.17, 15) is 14.4 Å². The van der Waals surface area contributed by atoms with Gasteiger partial charge in [-0.15, -0.1) is 0 Å². The number of ether oxygens (including phenoxy) is 1. The number of likely N-dealkylation sites (N-methyl/N-ethyl adjacent to an activating group) is 1. The first kappa shape index (κ1) is 36.3. The van der Waals surface area contributed by atoms with Gasteiger partial charge in [-0.3, -0.25) is 9.69 Å². The zero-order valence-corrected chi connectivity index (χ0v) is 28.6. The van der Waals surface area contributed by atoms with E-state index in [0.29, 0.717) is 37.7 Å². The molecule has 0 saturated carbocycles. The van der Waals surface area contributed by atoms with Crippen LogP contribution in [0.25, 0.3) is 0 Å². The summed E-state index contributed by atoms with van der Waals surface area (Å²) in [6, 6.07) is 10.2. The lowest BCUT2D eigenvalue weighted by atomic mass is 9.93. The minimum absolute atomic E-state index is 0.0837. The van der Waals surface area contributed by atoms with Crippen molar-refractivity contribution in [2.24, 2.45) is 5.92 Å². The molecule has 0 bridgehead atoms. The summed E-state index contributed by atoms with van der Waals surface area (Å²) in [6.07, 6.45) is 4.47. The zero-order chi connectivity index (χ0) is 33.1. The van der Waals surface area contributed by atoms with Gasteiger partial charge in [-0.05, 0) is 56.2 Å². The molecule has 45 heavy (non-hydrogen) atoms. The van der Waals surface area contributed by atoms with Gasteiger partial charge in [-0.25, -0.2) is 4.39 Å². The highest BCUT2D eigenvalue weighted by Crippen LogP contribution is 2.34. The number of anilines is 1. The lowest BCUT2D eigenvalue weighted by molar-refractivity contribution is -0.131. The molecule has 10 heteroatoms. The molecule has 4 rings (SSSR count). The van der Waals surface area contributed by atoms with Crippen molar-refractivity contribution in [2.75, 3.05) is 44.7 Å². The number of aromatic nitrogens is 2. The number of nitrogens with zero attached hydrogens (tertiary/aromatic N) is 6. The summed E-state index contributed by atoms with van der Waals surface area (Å²) in [5.41, 5.74) is 3.11. The molecule has 3 unspecified atom stereocenters. The van der Waals surface area contributed by atoms with Crippen molar-refractivity contribution >= 4 is 23.3 Å². The van der Waals surface area contributed by atoms with Crippen molar-refractivity contribution in [1.82, 2.24) is 19.8 Å². The van der Waals surface area contributed by atoms with Gasteiger partial charge >= 0.3 is 6.01 Å². The van der Waals surface area contributed by atoms with Crippen LogP contribution in [0.1, 0.15) is 83.0 Å². The monoisotopic (exact) mass is 640 g/mol. The minimum atomic E-state index is -1.01. The van der Waals surface area contributed by atoms with Crippen LogP contribution in [0.5, 0.6) is 6.01 Å². The number of aryl methyl sites for hydroxylation is 1. The Balaban J connectivity index is 0.00000271. The van der Waals surface area contributed by atoms with E-state index in [4.69, 9.17) is 26.3 Å². The summed E-state index contributed by atoms with van der Waals surface area (Å²) < 4.78 is 20.1. The zero-order valence-electron chi connectivity index (χ0n) is 27.9. The number of benzene rings is 1. The molecule has 0 aliphatic carbocycles. The second kappa shape index (κ2) is 17.5. The quantitative estimate of drug-likeness (QED) is 0.231. The Morgan fingerprint density at radius 2 is 1.93 bits per heavy atom. The molecule has 2 saturated heterocycles. The summed E-state index contributed by atoms with van der Waals surface area (Å²) in [6.45, 7) is 16.4. The summed E-state index contributed by atoms with van der Waals surface area (Å²) in [5.74, 6) is -0.290. The lowest BCUT2D eigenvalue weighted by Crippen LogP contribution is -2.55. The van der Waals surface area contributed by atoms with Crippen molar-refractivity contribution in [1.29, 1.82) is 5.26 Å². The van der Waals surface area contributed by atoms with Gasteiger partial charge in [-0.1, -0.05) is 77.4 Å². The highest BCUT2D eigenvalue weighted by atomic mass is 35.5. The van der Waals surface area contributed by atoms with Crippen molar-refractivity contribution in [2.45, 2.75) is 91.1 Å². The van der Waals surface area contributed by atoms with Gasteiger partial charge in [0.2, 0.25) is 0 Å². The third-order valence-electron chi connectivity index (χ3n) is 8.67. The Morgan fingerprint density at radius 1 is 1.20 bits per heavy atom. The second-order valence-corrected chi connectivity index (χ2v) is 12.5. The highest BCUT2D eigenvalue weighted by molar-refractivity contribution is 6.31. The van der Waals surface area contributed by atoms with Crippen LogP contribution in [0, 0.1) is 17.2 Å². The van der Waals surface area contributed by atoms with Gasteiger partial charge in [0.05, 0.1) is 24.2 Å². The first-order valence-electron chi connectivity index (χ1n) is 16.4. The van der Waals surface area contributed by atoms with Crippen molar-refractivity contribution in [3.63, 3.8) is 0 Å². The van der Waals surface area contributed by atoms with Crippen molar-refractivity contribution < 1.29 is 13.9 Å². The van der Waals surface area contributed by atoms with Crippen LogP contribution in [-0.4, -0.2) is 77.6 Å². The number of carbonyl (C=O) groups is 1. The van der Waals surface area contributed by atoms with Gasteiger partial charge in [0.15, 0.2) is 5.83 Å². The maximum absolute atomic E-state index is 13.8. The fourth-order valence-electron chi connectivity index (χ4n) is 6.38. The average Bonchev–Trinajstić information content (AvgIpc) is 3.36. The fourth-order valence-corrected chi connectivity index (χ4v) is 6.61. The normalized spacial score (nSPS) is 20.6. The summed E-state index contributed by atoms with van der Waals surface area (Å²) in [4.78, 5) is 28.4. The Hall–Kier alpha value is -3.22. The molecule has 1 aromatic carbocycles. The standard InChI is InChI=1S/C33H44ClFN6O2.C2H6/c1-6-9-28-30(23(3)12-13-25-10-7-8-11-29(25)34)37-33(43-21-27-18-22(2)19-39(27)5)38-31(28)40-16-17-41(32(42)24(4)35)26(20-40)14-15-36;1-2/h7-8,10-11,22-23,26-27H,4,6,9,12-14,16-21H2,1-3,5H3;1-2H3/t22-,23?,26?,27?;/m1./s1. The van der Waals surface area contributed by atoms with Crippen LogP contribution in [0.2, 0.25) is 5.02 Å². The number of nitriles is 1. The molecular weight excluding hydrogens is 591 g/mol. The second-order valence-electron chi connectivity index (χ2n) is 12.1. The number of rotatable bonds is 12. The Morgan fingerprint density at radius 3 is 2.56 bits per heavy atom. The van der Waals surface area contributed by atoms with Crippen LogP contribution < -0.4 is 9.64 Å². The molecule has 3 heterocycles. The number of piperazine rings is 1. The van der Waals surface area contributed by atoms with Crippen LogP contribution in [0.15, 0.2) is 36.7 Å². The Labute approximate surface area is 274 Å². The van der Waals surface area contributed by atoms with Crippen molar-refractivity contribution in [3.05, 3.63) is 58.5 Å². The Bertz CT molecular complexity index is 1330. The van der Waals surface area contributed by atoms with Crippen LogP contribution in [0.4, 0.5) is 10.2 Å². The molecule has 0 N–H and O–H groups in total. The van der Waals surface area contributed by atoms with Crippen molar-refractivity contribution in [3.8, 4) is 12.1 Å².